The SMILES string of the molecule is CCOc1ccc(-c2ccc(C(C)=O)cc2)cc1CN(C(=O)c1sc2ccccc2c1Cl)C1CCC(CN(C(=O)O)C(C)(C)C)CC1. The number of carboxylic acid groups (broad SMARTS) is 1. The first-order valence-corrected chi connectivity index (χ1v) is 17.4. The minimum atomic E-state index is -0.907. The van der Waals surface area contributed by atoms with Crippen LogP contribution in [0.15, 0.2) is 66.7 Å². The molecular weight excluding hydrogens is 632 g/mol. The van der Waals surface area contributed by atoms with E-state index >= 15 is 0 Å². The molecule has 9 heteroatoms. The first-order chi connectivity index (χ1) is 22.4. The maximum absolute atomic E-state index is 14.5. The van der Waals surface area contributed by atoms with Gasteiger partial charge in [-0.3, -0.25) is 9.59 Å². The van der Waals surface area contributed by atoms with Crippen molar-refractivity contribution in [2.24, 2.45) is 5.92 Å². The Balaban J connectivity index is 1.48. The lowest BCUT2D eigenvalue weighted by atomic mass is 9.84. The minimum absolute atomic E-state index is 0.0155. The summed E-state index contributed by atoms with van der Waals surface area (Å²) in [6, 6.07) is 21.3. The Morgan fingerprint density at radius 1 is 0.957 bits per heavy atom. The van der Waals surface area contributed by atoms with E-state index in [-0.39, 0.29) is 23.7 Å². The van der Waals surface area contributed by atoms with Crippen LogP contribution in [0.3, 0.4) is 0 Å². The van der Waals surface area contributed by atoms with Gasteiger partial charge in [0.2, 0.25) is 0 Å². The Morgan fingerprint density at radius 3 is 2.21 bits per heavy atom. The summed E-state index contributed by atoms with van der Waals surface area (Å²) in [6.07, 6.45) is 2.24. The molecule has 0 bridgehead atoms. The third kappa shape index (κ3) is 7.82. The highest BCUT2D eigenvalue weighted by atomic mass is 35.5. The molecule has 7 nitrogen and oxygen atoms in total. The second-order valence-corrected chi connectivity index (χ2v) is 14.7. The van der Waals surface area contributed by atoms with Gasteiger partial charge in [0, 0.05) is 45.9 Å². The van der Waals surface area contributed by atoms with Gasteiger partial charge >= 0.3 is 6.09 Å². The predicted octanol–water partition coefficient (Wildman–Crippen LogP) is 9.80. The van der Waals surface area contributed by atoms with Crippen LogP contribution in [0.4, 0.5) is 4.79 Å². The number of halogens is 1. The van der Waals surface area contributed by atoms with Crippen LogP contribution in [0, 0.1) is 5.92 Å². The highest BCUT2D eigenvalue weighted by Gasteiger charge is 2.35. The van der Waals surface area contributed by atoms with Gasteiger partial charge in [0.25, 0.3) is 5.91 Å². The lowest BCUT2D eigenvalue weighted by Crippen LogP contribution is -2.48. The quantitative estimate of drug-likeness (QED) is 0.169. The van der Waals surface area contributed by atoms with Gasteiger partial charge in [-0.2, -0.15) is 0 Å². The molecule has 1 saturated carbocycles. The molecule has 248 valence electrons. The summed E-state index contributed by atoms with van der Waals surface area (Å²) in [4.78, 5) is 42.4. The summed E-state index contributed by atoms with van der Waals surface area (Å²) in [5, 5.41) is 11.2. The molecule has 0 radical (unpaired) electrons. The first kappa shape index (κ1) is 34.5. The maximum atomic E-state index is 14.5. The lowest BCUT2D eigenvalue weighted by molar-refractivity contribution is 0.0535. The number of hydrogen-bond donors (Lipinski definition) is 1. The zero-order chi connectivity index (χ0) is 33.9. The summed E-state index contributed by atoms with van der Waals surface area (Å²) in [5.74, 6) is 0.835. The van der Waals surface area contributed by atoms with E-state index < -0.39 is 11.6 Å². The van der Waals surface area contributed by atoms with Crippen LogP contribution < -0.4 is 4.74 Å². The van der Waals surface area contributed by atoms with Gasteiger partial charge in [0.15, 0.2) is 5.78 Å². The van der Waals surface area contributed by atoms with E-state index in [1.807, 2.05) is 93.3 Å². The molecule has 0 atom stereocenters. The van der Waals surface area contributed by atoms with Crippen molar-refractivity contribution in [3.8, 4) is 16.9 Å². The van der Waals surface area contributed by atoms with Gasteiger partial charge in [0.1, 0.15) is 10.6 Å². The van der Waals surface area contributed by atoms with Crippen molar-refractivity contribution < 1.29 is 24.2 Å². The Hall–Kier alpha value is -3.88. The molecule has 0 aliphatic heterocycles. The van der Waals surface area contributed by atoms with Crippen molar-refractivity contribution in [3.63, 3.8) is 0 Å². The number of carbonyl (C=O) groups is 3. The van der Waals surface area contributed by atoms with E-state index in [2.05, 4.69) is 6.07 Å². The molecule has 1 aliphatic carbocycles. The molecular formula is C38H43ClN2O5S. The standard InChI is InChI=1S/C38H43ClN2O5S/c1-6-46-32-20-17-28(27-15-13-26(14-16-27)24(2)42)21-29(32)23-40(36(43)35-34(39)31-9-7-8-10-33(31)47-35)30-18-11-25(12-19-30)22-41(37(44)45)38(3,4)5/h7-10,13-17,20-21,25,30H,6,11-12,18-19,22-23H2,1-5H3,(H,44,45). The summed E-state index contributed by atoms with van der Waals surface area (Å²) < 4.78 is 7.04. The molecule has 1 N–H and O–H groups in total. The number of ether oxygens (including phenoxy) is 1. The van der Waals surface area contributed by atoms with Gasteiger partial charge in [-0.05, 0) is 95.5 Å². The zero-order valence-electron chi connectivity index (χ0n) is 27.7. The second kappa shape index (κ2) is 14.5. The number of fused-ring (bicyclic) bond motifs is 1. The molecule has 0 spiro atoms. The average Bonchev–Trinajstić information content (AvgIpc) is 3.38. The number of benzene rings is 3. The van der Waals surface area contributed by atoms with Crippen molar-refractivity contribution in [1.29, 1.82) is 0 Å². The monoisotopic (exact) mass is 674 g/mol. The van der Waals surface area contributed by atoms with Gasteiger partial charge in [0.05, 0.1) is 11.6 Å². The molecule has 1 aromatic heterocycles. The number of thiophene rings is 1. The Labute approximate surface area is 286 Å². The van der Waals surface area contributed by atoms with Crippen LogP contribution in [0.2, 0.25) is 5.02 Å². The van der Waals surface area contributed by atoms with Crippen molar-refractivity contribution in [1.82, 2.24) is 9.80 Å². The molecule has 1 fully saturated rings. The van der Waals surface area contributed by atoms with Crippen LogP contribution in [0.25, 0.3) is 21.2 Å². The Bertz CT molecular complexity index is 1750. The molecule has 4 aromatic rings. The van der Waals surface area contributed by atoms with E-state index in [1.165, 1.54) is 16.2 Å². The Morgan fingerprint density at radius 2 is 1.62 bits per heavy atom. The second-order valence-electron chi connectivity index (χ2n) is 13.3. The number of amides is 2. The number of Topliss-reactive ketones (excluding diaryl/α,β-unsaturated/α-hetero) is 1. The fraction of sp³-hybridized carbons (Fsp3) is 0.395. The fourth-order valence-corrected chi connectivity index (χ4v) is 7.91. The van der Waals surface area contributed by atoms with Gasteiger partial charge in [-0.15, -0.1) is 11.3 Å². The molecule has 5 rings (SSSR count). The summed E-state index contributed by atoms with van der Waals surface area (Å²) in [7, 11) is 0. The number of hydrogen-bond acceptors (Lipinski definition) is 5. The van der Waals surface area contributed by atoms with Crippen LogP contribution in [-0.4, -0.2) is 57.4 Å². The van der Waals surface area contributed by atoms with E-state index in [9.17, 15) is 19.5 Å². The van der Waals surface area contributed by atoms with Crippen molar-refractivity contribution in [3.05, 3.63) is 87.8 Å². The van der Waals surface area contributed by atoms with Gasteiger partial charge < -0.3 is 19.6 Å². The third-order valence-electron chi connectivity index (χ3n) is 9.05. The van der Waals surface area contributed by atoms with E-state index in [0.29, 0.717) is 40.9 Å². The smallest absolute Gasteiger partial charge is 0.407 e. The summed E-state index contributed by atoms with van der Waals surface area (Å²) in [5.41, 5.74) is 2.98. The highest BCUT2D eigenvalue weighted by molar-refractivity contribution is 7.21. The maximum Gasteiger partial charge on any atom is 0.407 e. The molecule has 3 aromatic carbocycles. The van der Waals surface area contributed by atoms with Crippen molar-refractivity contribution in [2.75, 3.05) is 13.2 Å². The van der Waals surface area contributed by atoms with Crippen LogP contribution in [0.1, 0.15) is 85.9 Å². The molecule has 0 unspecified atom stereocenters. The molecule has 47 heavy (non-hydrogen) atoms. The number of nitrogens with zero attached hydrogens (tertiary/aromatic N) is 2. The summed E-state index contributed by atoms with van der Waals surface area (Å²) in [6.45, 7) is 10.5. The highest BCUT2D eigenvalue weighted by Crippen LogP contribution is 2.39. The average molecular weight is 675 g/mol. The lowest BCUT2D eigenvalue weighted by Gasteiger charge is -2.40. The van der Waals surface area contributed by atoms with E-state index in [4.69, 9.17) is 16.3 Å². The van der Waals surface area contributed by atoms with Crippen LogP contribution in [-0.2, 0) is 6.54 Å². The largest absolute Gasteiger partial charge is 0.494 e. The summed E-state index contributed by atoms with van der Waals surface area (Å²) >= 11 is 8.28. The van der Waals surface area contributed by atoms with Crippen LogP contribution >= 0.6 is 22.9 Å². The van der Waals surface area contributed by atoms with Crippen LogP contribution in [0.5, 0.6) is 5.75 Å². The predicted molar refractivity (Wildman–Crippen MR) is 190 cm³/mol. The first-order valence-electron chi connectivity index (χ1n) is 16.2. The minimum Gasteiger partial charge on any atom is -0.494 e. The zero-order valence-corrected chi connectivity index (χ0v) is 29.3. The van der Waals surface area contributed by atoms with E-state index in [0.717, 1.165) is 52.5 Å². The molecule has 1 aliphatic rings. The topological polar surface area (TPSA) is 87.2 Å². The number of rotatable bonds is 10. The Kier molecular flexibility index (Phi) is 10.6. The molecule has 1 heterocycles. The van der Waals surface area contributed by atoms with Crippen molar-refractivity contribution in [2.45, 2.75) is 78.4 Å². The van der Waals surface area contributed by atoms with Gasteiger partial charge in [-0.25, -0.2) is 4.79 Å². The van der Waals surface area contributed by atoms with E-state index in [1.54, 1.807) is 6.92 Å². The molecule has 0 saturated heterocycles. The normalized spacial score (nSPS) is 16.6. The molecule has 2 amide bonds. The van der Waals surface area contributed by atoms with Crippen molar-refractivity contribution >= 4 is 50.8 Å². The number of ketones is 1. The van der Waals surface area contributed by atoms with Gasteiger partial charge in [-0.1, -0.05) is 60.1 Å². The fourth-order valence-electron chi connectivity index (χ4n) is 6.44. The third-order valence-corrected chi connectivity index (χ3v) is 10.7. The number of carbonyl (C=O) groups excluding carboxylic acids is 2.